The summed E-state index contributed by atoms with van der Waals surface area (Å²) in [5.74, 6) is -0.531. The number of hydrogen-bond donors (Lipinski definition) is 1. The van der Waals surface area contributed by atoms with E-state index in [0.29, 0.717) is 11.4 Å². The van der Waals surface area contributed by atoms with Crippen molar-refractivity contribution in [3.8, 4) is 11.4 Å². The molecule has 0 atom stereocenters. The molecule has 0 aliphatic rings. The number of rotatable bonds is 3. The predicted molar refractivity (Wildman–Crippen MR) is 54.9 cm³/mol. The van der Waals surface area contributed by atoms with Gasteiger partial charge in [-0.05, 0) is 12.1 Å². The van der Waals surface area contributed by atoms with Crippen molar-refractivity contribution in [1.29, 1.82) is 0 Å². The van der Waals surface area contributed by atoms with Crippen LogP contribution in [0.1, 0.15) is 10.4 Å². The van der Waals surface area contributed by atoms with E-state index < -0.39 is 5.97 Å². The van der Waals surface area contributed by atoms with Gasteiger partial charge in [0, 0.05) is 6.07 Å². The maximum atomic E-state index is 10.9. The molecule has 0 radical (unpaired) electrons. The van der Waals surface area contributed by atoms with E-state index in [1.54, 1.807) is 10.6 Å². The standard InChI is InChI=1S/C10H9N3O3/c1-16-9-3-7(10(14)15)2-8(4-9)13-5-11-12-6-13/h2-6H,1H3,(H,14,15). The lowest BCUT2D eigenvalue weighted by Gasteiger charge is -2.06. The minimum absolute atomic E-state index is 0.156. The summed E-state index contributed by atoms with van der Waals surface area (Å²) >= 11 is 0. The molecule has 1 heterocycles. The molecular formula is C10H9N3O3. The van der Waals surface area contributed by atoms with E-state index in [4.69, 9.17) is 9.84 Å². The molecule has 0 saturated carbocycles. The van der Waals surface area contributed by atoms with Crippen LogP contribution < -0.4 is 4.74 Å². The van der Waals surface area contributed by atoms with Gasteiger partial charge in [0.25, 0.3) is 0 Å². The monoisotopic (exact) mass is 219 g/mol. The van der Waals surface area contributed by atoms with E-state index in [-0.39, 0.29) is 5.56 Å². The number of benzene rings is 1. The largest absolute Gasteiger partial charge is 0.497 e. The number of aromatic carboxylic acids is 1. The summed E-state index contributed by atoms with van der Waals surface area (Å²) < 4.78 is 6.63. The quantitative estimate of drug-likeness (QED) is 0.832. The third-order valence-electron chi connectivity index (χ3n) is 2.09. The molecule has 6 nitrogen and oxygen atoms in total. The molecule has 0 saturated heterocycles. The third-order valence-corrected chi connectivity index (χ3v) is 2.09. The molecule has 0 spiro atoms. The first-order chi connectivity index (χ1) is 7.70. The first-order valence-corrected chi connectivity index (χ1v) is 4.48. The fourth-order valence-corrected chi connectivity index (χ4v) is 1.31. The van der Waals surface area contributed by atoms with Crippen molar-refractivity contribution in [2.24, 2.45) is 0 Å². The summed E-state index contributed by atoms with van der Waals surface area (Å²) in [5, 5.41) is 16.2. The molecule has 2 aromatic rings. The van der Waals surface area contributed by atoms with Crippen LogP contribution in [-0.4, -0.2) is 33.0 Å². The SMILES string of the molecule is COc1cc(C(=O)O)cc(-n2cnnc2)c1. The van der Waals surface area contributed by atoms with Gasteiger partial charge in [0.05, 0.1) is 18.4 Å². The number of carbonyl (C=O) groups is 1. The minimum Gasteiger partial charge on any atom is -0.497 e. The van der Waals surface area contributed by atoms with Crippen LogP contribution in [0.3, 0.4) is 0 Å². The molecule has 82 valence electrons. The fraction of sp³-hybridized carbons (Fsp3) is 0.100. The second-order valence-electron chi connectivity index (χ2n) is 3.09. The van der Waals surface area contributed by atoms with Crippen molar-refractivity contribution in [2.45, 2.75) is 0 Å². The van der Waals surface area contributed by atoms with Crippen molar-refractivity contribution < 1.29 is 14.6 Å². The Morgan fingerprint density at radius 1 is 1.31 bits per heavy atom. The Hall–Kier alpha value is -2.37. The van der Waals surface area contributed by atoms with Crippen LogP contribution in [0.15, 0.2) is 30.9 Å². The molecule has 6 heteroatoms. The maximum Gasteiger partial charge on any atom is 0.335 e. The normalized spacial score (nSPS) is 10.1. The first-order valence-electron chi connectivity index (χ1n) is 4.48. The Bertz CT molecular complexity index is 508. The molecular weight excluding hydrogens is 210 g/mol. The number of aromatic nitrogens is 3. The summed E-state index contributed by atoms with van der Waals surface area (Å²) in [6.07, 6.45) is 2.97. The number of hydrogen-bond acceptors (Lipinski definition) is 4. The molecule has 0 amide bonds. The smallest absolute Gasteiger partial charge is 0.335 e. The van der Waals surface area contributed by atoms with Crippen molar-refractivity contribution in [2.75, 3.05) is 7.11 Å². The summed E-state index contributed by atoms with van der Waals surface area (Å²) in [5.41, 5.74) is 0.796. The molecule has 0 fully saturated rings. The molecule has 2 rings (SSSR count). The minimum atomic E-state index is -1.01. The van der Waals surface area contributed by atoms with Crippen LogP contribution >= 0.6 is 0 Å². The van der Waals surface area contributed by atoms with Crippen LogP contribution in [0.5, 0.6) is 5.75 Å². The summed E-state index contributed by atoms with van der Waals surface area (Å²) in [4.78, 5) is 10.9. The molecule has 1 aromatic carbocycles. The number of nitrogens with zero attached hydrogens (tertiary/aromatic N) is 3. The highest BCUT2D eigenvalue weighted by atomic mass is 16.5. The number of carboxylic acids is 1. The lowest BCUT2D eigenvalue weighted by atomic mass is 10.2. The zero-order valence-electron chi connectivity index (χ0n) is 8.49. The van der Waals surface area contributed by atoms with Crippen LogP contribution in [-0.2, 0) is 0 Å². The third kappa shape index (κ3) is 1.85. The van der Waals surface area contributed by atoms with Crippen molar-refractivity contribution in [3.05, 3.63) is 36.4 Å². The molecule has 0 aliphatic heterocycles. The maximum absolute atomic E-state index is 10.9. The van der Waals surface area contributed by atoms with E-state index in [2.05, 4.69) is 10.2 Å². The second kappa shape index (κ2) is 4.01. The van der Waals surface area contributed by atoms with E-state index in [9.17, 15) is 4.79 Å². The predicted octanol–water partition coefficient (Wildman–Crippen LogP) is 0.974. The zero-order chi connectivity index (χ0) is 11.5. The van der Waals surface area contributed by atoms with Crippen LogP contribution in [0.2, 0.25) is 0 Å². The average molecular weight is 219 g/mol. The van der Waals surface area contributed by atoms with Gasteiger partial charge in [0.2, 0.25) is 0 Å². The Morgan fingerprint density at radius 3 is 2.56 bits per heavy atom. The Morgan fingerprint density at radius 2 is 2.00 bits per heavy atom. The van der Waals surface area contributed by atoms with Gasteiger partial charge in [-0.3, -0.25) is 4.57 Å². The lowest BCUT2D eigenvalue weighted by molar-refractivity contribution is 0.0696. The van der Waals surface area contributed by atoms with Gasteiger partial charge in [-0.15, -0.1) is 10.2 Å². The van der Waals surface area contributed by atoms with Gasteiger partial charge < -0.3 is 9.84 Å². The van der Waals surface area contributed by atoms with E-state index in [0.717, 1.165) is 0 Å². The van der Waals surface area contributed by atoms with Crippen LogP contribution in [0, 0.1) is 0 Å². The van der Waals surface area contributed by atoms with Gasteiger partial charge in [0.15, 0.2) is 0 Å². The summed E-state index contributed by atoms with van der Waals surface area (Å²) in [7, 11) is 1.48. The Labute approximate surface area is 91.1 Å². The van der Waals surface area contributed by atoms with E-state index >= 15 is 0 Å². The topological polar surface area (TPSA) is 77.2 Å². The lowest BCUT2D eigenvalue weighted by Crippen LogP contribution is -2.00. The Kier molecular flexibility index (Phi) is 2.55. The number of ether oxygens (including phenoxy) is 1. The molecule has 0 bridgehead atoms. The van der Waals surface area contributed by atoms with Gasteiger partial charge in [-0.25, -0.2) is 4.79 Å². The zero-order valence-corrected chi connectivity index (χ0v) is 8.49. The number of carboxylic acid groups (broad SMARTS) is 1. The highest BCUT2D eigenvalue weighted by Gasteiger charge is 2.08. The molecule has 1 aromatic heterocycles. The fourth-order valence-electron chi connectivity index (χ4n) is 1.31. The van der Waals surface area contributed by atoms with E-state index in [1.165, 1.54) is 31.9 Å². The average Bonchev–Trinajstić information content (AvgIpc) is 2.81. The van der Waals surface area contributed by atoms with Gasteiger partial charge >= 0.3 is 5.97 Å². The first kappa shape index (κ1) is 10.2. The van der Waals surface area contributed by atoms with Crippen molar-refractivity contribution >= 4 is 5.97 Å². The van der Waals surface area contributed by atoms with Gasteiger partial charge in [-0.2, -0.15) is 0 Å². The molecule has 0 unspecified atom stereocenters. The van der Waals surface area contributed by atoms with Crippen molar-refractivity contribution in [1.82, 2.24) is 14.8 Å². The van der Waals surface area contributed by atoms with Crippen molar-refractivity contribution in [3.63, 3.8) is 0 Å². The molecule has 16 heavy (non-hydrogen) atoms. The number of methoxy groups -OCH3 is 1. The van der Waals surface area contributed by atoms with Gasteiger partial charge in [-0.1, -0.05) is 0 Å². The summed E-state index contributed by atoms with van der Waals surface area (Å²) in [6.45, 7) is 0. The molecule has 0 aliphatic carbocycles. The summed E-state index contributed by atoms with van der Waals surface area (Å²) in [6, 6.07) is 4.68. The van der Waals surface area contributed by atoms with E-state index in [1.807, 2.05) is 0 Å². The molecule has 1 N–H and O–H groups in total. The second-order valence-corrected chi connectivity index (χ2v) is 3.09. The highest BCUT2D eigenvalue weighted by molar-refractivity contribution is 5.88. The van der Waals surface area contributed by atoms with Crippen LogP contribution in [0.25, 0.3) is 5.69 Å². The Balaban J connectivity index is 2.53. The van der Waals surface area contributed by atoms with Crippen LogP contribution in [0.4, 0.5) is 0 Å². The van der Waals surface area contributed by atoms with Gasteiger partial charge in [0.1, 0.15) is 18.4 Å². The highest BCUT2D eigenvalue weighted by Crippen LogP contribution is 2.19.